The van der Waals surface area contributed by atoms with Gasteiger partial charge >= 0.3 is 0 Å². The minimum absolute atomic E-state index is 0.150. The molecule has 1 unspecified atom stereocenters. The molecule has 8 rings (SSSR count). The van der Waals surface area contributed by atoms with Crippen molar-refractivity contribution in [2.75, 3.05) is 0 Å². The Labute approximate surface area is 317 Å². The first kappa shape index (κ1) is 34.4. The number of allylic oxidation sites excluding steroid dienone is 8. The minimum atomic E-state index is 0.150. The summed E-state index contributed by atoms with van der Waals surface area (Å²) in [7, 11) is 0. The Hall–Kier alpha value is -6.71. The third kappa shape index (κ3) is 6.92. The Morgan fingerprint density at radius 3 is 2.19 bits per heavy atom. The van der Waals surface area contributed by atoms with Crippen molar-refractivity contribution >= 4 is 34.0 Å². The van der Waals surface area contributed by atoms with Gasteiger partial charge in [0.05, 0.1) is 5.70 Å². The third-order valence-electron chi connectivity index (χ3n) is 10.3. The van der Waals surface area contributed by atoms with Gasteiger partial charge in [-0.05, 0) is 91.7 Å². The Morgan fingerprint density at radius 1 is 0.704 bits per heavy atom. The second kappa shape index (κ2) is 15.5. The summed E-state index contributed by atoms with van der Waals surface area (Å²) in [6.45, 7) is 8.37. The molecule has 3 nitrogen and oxygen atoms in total. The van der Waals surface area contributed by atoms with Crippen molar-refractivity contribution in [3.63, 3.8) is 0 Å². The largest absolute Gasteiger partial charge is 0.264 e. The fourth-order valence-electron chi connectivity index (χ4n) is 7.58. The molecule has 0 radical (unpaired) electrons. The molecule has 5 aromatic carbocycles. The lowest BCUT2D eigenvalue weighted by Gasteiger charge is -2.33. The number of pyridine rings is 1. The standard InChI is InChI=1S/C51H41N3/c1-4-5-15-35(2)36(3)54-51(53-33-37-27-29-38(30-28-37)42-20-14-31-52-34-42)41-19-12-18-40(32-41)49-45-22-8-10-24-47(45)50(48-25-11-9-23-46(48)49)44-26-13-17-39-16-6-7-21-43(39)44/h4-34,45,47H,3H2,1-2H3/b5-4-,35-15+,53-33?,54-51?/t45-,47?/m1/s1. The average molecular weight is 696 g/mol. The summed E-state index contributed by atoms with van der Waals surface area (Å²) in [4.78, 5) is 14.3. The SMILES string of the molecule is C=C(N=C(N=Cc1ccc(-c2cccnc2)cc1)c1cccc(C2=c3ccccc3=C(c3cccc4ccccc34)C3C=CC=C[C@@H]23)c1)/C(C)=C/C=C\C. The third-order valence-corrected chi connectivity index (χ3v) is 10.3. The zero-order valence-corrected chi connectivity index (χ0v) is 30.6. The number of benzene rings is 5. The molecular formula is C51H41N3. The van der Waals surface area contributed by atoms with Gasteiger partial charge < -0.3 is 0 Å². The molecule has 0 aliphatic heterocycles. The molecule has 2 atom stereocenters. The lowest BCUT2D eigenvalue weighted by molar-refractivity contribution is 0.687. The van der Waals surface area contributed by atoms with Crippen LogP contribution < -0.4 is 10.4 Å². The molecule has 1 heterocycles. The van der Waals surface area contributed by atoms with E-state index in [-0.39, 0.29) is 11.8 Å². The van der Waals surface area contributed by atoms with Gasteiger partial charge in [-0.2, -0.15) is 0 Å². The van der Waals surface area contributed by atoms with Crippen LogP contribution >= 0.6 is 0 Å². The lowest BCUT2D eigenvalue weighted by atomic mass is 9.69. The van der Waals surface area contributed by atoms with E-state index < -0.39 is 0 Å². The van der Waals surface area contributed by atoms with Gasteiger partial charge in [-0.1, -0.05) is 164 Å². The van der Waals surface area contributed by atoms with Gasteiger partial charge in [0.25, 0.3) is 0 Å². The molecule has 260 valence electrons. The van der Waals surface area contributed by atoms with E-state index in [1.165, 1.54) is 37.9 Å². The highest BCUT2D eigenvalue weighted by Gasteiger charge is 2.32. The van der Waals surface area contributed by atoms with E-state index in [4.69, 9.17) is 9.98 Å². The first-order valence-electron chi connectivity index (χ1n) is 18.5. The summed E-state index contributed by atoms with van der Waals surface area (Å²) < 4.78 is 0. The molecule has 54 heavy (non-hydrogen) atoms. The summed E-state index contributed by atoms with van der Waals surface area (Å²) in [6, 6.07) is 45.4. The molecule has 0 spiro atoms. The molecule has 6 aromatic rings. The Morgan fingerprint density at radius 2 is 1.41 bits per heavy atom. The molecule has 0 N–H and O–H groups in total. The number of rotatable bonds is 8. The van der Waals surface area contributed by atoms with E-state index in [0.29, 0.717) is 11.5 Å². The Kier molecular flexibility index (Phi) is 9.86. The van der Waals surface area contributed by atoms with Crippen molar-refractivity contribution in [3.8, 4) is 11.1 Å². The number of aliphatic imine (C=N–C) groups is 2. The summed E-state index contributed by atoms with van der Waals surface area (Å²) in [6.07, 6.45) is 20.7. The van der Waals surface area contributed by atoms with Gasteiger partial charge in [0.1, 0.15) is 0 Å². The minimum Gasteiger partial charge on any atom is -0.264 e. The van der Waals surface area contributed by atoms with Crippen LogP contribution in [-0.4, -0.2) is 17.0 Å². The van der Waals surface area contributed by atoms with Crippen molar-refractivity contribution in [1.82, 2.24) is 4.98 Å². The number of hydrogen-bond donors (Lipinski definition) is 0. The second-order valence-electron chi connectivity index (χ2n) is 13.7. The molecule has 1 aromatic heterocycles. The maximum atomic E-state index is 5.05. The van der Waals surface area contributed by atoms with Crippen LogP contribution in [0.25, 0.3) is 33.0 Å². The number of hydrogen-bond acceptors (Lipinski definition) is 2. The number of nitrogens with zero attached hydrogens (tertiary/aromatic N) is 3. The molecule has 2 aliphatic carbocycles. The van der Waals surface area contributed by atoms with E-state index in [0.717, 1.165) is 33.4 Å². The smallest absolute Gasteiger partial charge is 0.159 e. The van der Waals surface area contributed by atoms with E-state index in [1.807, 2.05) is 50.6 Å². The molecule has 0 saturated carbocycles. The first-order valence-corrected chi connectivity index (χ1v) is 18.5. The monoisotopic (exact) mass is 695 g/mol. The fraction of sp³-hybridized carbons (Fsp3) is 0.0784. The van der Waals surface area contributed by atoms with Gasteiger partial charge in [-0.3, -0.25) is 4.98 Å². The van der Waals surface area contributed by atoms with Crippen molar-refractivity contribution < 1.29 is 0 Å². The zero-order chi connectivity index (χ0) is 36.9. The zero-order valence-electron chi connectivity index (χ0n) is 30.6. The molecule has 3 heteroatoms. The second-order valence-corrected chi connectivity index (χ2v) is 13.7. The van der Waals surface area contributed by atoms with Crippen molar-refractivity contribution in [2.24, 2.45) is 21.8 Å². The van der Waals surface area contributed by atoms with Crippen LogP contribution in [0.2, 0.25) is 0 Å². The number of fused-ring (bicyclic) bond motifs is 3. The van der Waals surface area contributed by atoms with Crippen molar-refractivity contribution in [3.05, 3.63) is 233 Å². The predicted octanol–water partition coefficient (Wildman–Crippen LogP) is 10.6. The predicted molar refractivity (Wildman–Crippen MR) is 228 cm³/mol. The summed E-state index contributed by atoms with van der Waals surface area (Å²) in [5.74, 6) is 0.932. The quantitative estimate of drug-likeness (QED) is 0.0887. The van der Waals surface area contributed by atoms with Crippen molar-refractivity contribution in [2.45, 2.75) is 13.8 Å². The maximum absolute atomic E-state index is 5.05. The number of aromatic nitrogens is 1. The van der Waals surface area contributed by atoms with E-state index in [9.17, 15) is 0 Å². The topological polar surface area (TPSA) is 37.6 Å². The average Bonchev–Trinajstić information content (AvgIpc) is 3.23. The molecule has 0 bridgehead atoms. The summed E-state index contributed by atoms with van der Waals surface area (Å²) >= 11 is 0. The van der Waals surface area contributed by atoms with E-state index >= 15 is 0 Å². The Balaban J connectivity index is 1.27. The molecular weight excluding hydrogens is 655 g/mol. The van der Waals surface area contributed by atoms with Crippen LogP contribution in [0.5, 0.6) is 0 Å². The van der Waals surface area contributed by atoms with Crippen LogP contribution in [0.4, 0.5) is 0 Å². The van der Waals surface area contributed by atoms with Gasteiger partial charge in [0.2, 0.25) is 0 Å². The molecule has 0 saturated heterocycles. The highest BCUT2D eigenvalue weighted by molar-refractivity contribution is 6.06. The van der Waals surface area contributed by atoms with Crippen LogP contribution in [0.1, 0.15) is 36.1 Å². The van der Waals surface area contributed by atoms with E-state index in [2.05, 4.69) is 157 Å². The highest BCUT2D eigenvalue weighted by atomic mass is 14.9. The van der Waals surface area contributed by atoms with Crippen LogP contribution in [0.15, 0.2) is 210 Å². The molecule has 0 fully saturated rings. The summed E-state index contributed by atoms with van der Waals surface area (Å²) in [5, 5.41) is 5.06. The van der Waals surface area contributed by atoms with Crippen LogP contribution in [0, 0.1) is 11.8 Å². The fourth-order valence-corrected chi connectivity index (χ4v) is 7.58. The van der Waals surface area contributed by atoms with Gasteiger partial charge in [-0.25, -0.2) is 9.98 Å². The van der Waals surface area contributed by atoms with Crippen LogP contribution in [0.3, 0.4) is 0 Å². The maximum Gasteiger partial charge on any atom is 0.159 e. The molecule has 0 amide bonds. The highest BCUT2D eigenvalue weighted by Crippen LogP contribution is 2.42. The van der Waals surface area contributed by atoms with Gasteiger partial charge in [0, 0.05) is 36.0 Å². The Bertz CT molecular complexity index is 2680. The van der Waals surface area contributed by atoms with Crippen molar-refractivity contribution in [1.29, 1.82) is 0 Å². The van der Waals surface area contributed by atoms with E-state index in [1.54, 1.807) is 6.20 Å². The summed E-state index contributed by atoms with van der Waals surface area (Å²) in [5.41, 5.74) is 10.9. The number of amidine groups is 1. The van der Waals surface area contributed by atoms with Gasteiger partial charge in [0.15, 0.2) is 5.84 Å². The first-order chi connectivity index (χ1) is 26.6. The van der Waals surface area contributed by atoms with Crippen LogP contribution in [-0.2, 0) is 0 Å². The lowest BCUT2D eigenvalue weighted by Crippen LogP contribution is -2.40. The van der Waals surface area contributed by atoms with Gasteiger partial charge in [-0.15, -0.1) is 0 Å². The normalized spacial score (nSPS) is 17.0. The molecule has 2 aliphatic rings.